The molecule has 1 saturated heterocycles. The highest BCUT2D eigenvalue weighted by Gasteiger charge is 2.32. The van der Waals surface area contributed by atoms with Crippen molar-refractivity contribution in [3.05, 3.63) is 63.6 Å². The molecule has 1 atom stereocenters. The van der Waals surface area contributed by atoms with Crippen LogP contribution in [0.1, 0.15) is 22.3 Å². The summed E-state index contributed by atoms with van der Waals surface area (Å²) in [7, 11) is 1.70. The summed E-state index contributed by atoms with van der Waals surface area (Å²) < 4.78 is 13.1. The number of likely N-dealkylation sites (N-methyl/N-ethyl adjacent to an activating group) is 1. The second-order valence-electron chi connectivity index (χ2n) is 6.47. The third-order valence-electron chi connectivity index (χ3n) is 4.74. The maximum absolute atomic E-state index is 13.1. The van der Waals surface area contributed by atoms with Crippen molar-refractivity contribution in [1.82, 2.24) is 14.8 Å². The lowest BCUT2D eigenvalue weighted by molar-refractivity contribution is -0.129. The number of likely N-dealkylation sites (tertiary alicyclic amines) is 1. The summed E-state index contributed by atoms with van der Waals surface area (Å²) in [6.45, 7) is 0.971. The van der Waals surface area contributed by atoms with Crippen molar-refractivity contribution >= 4 is 35.0 Å². The fourth-order valence-electron chi connectivity index (χ4n) is 3.11. The van der Waals surface area contributed by atoms with Gasteiger partial charge in [0, 0.05) is 37.6 Å². The number of amides is 2. The third-order valence-corrected chi connectivity index (χ3v) is 5.42. The second-order valence-corrected chi connectivity index (χ2v) is 7.28. The normalized spacial score (nSPS) is 16.4. The minimum absolute atomic E-state index is 0.0952. The smallest absolute Gasteiger partial charge is 0.256 e. The maximum Gasteiger partial charge on any atom is 0.256 e. The van der Waals surface area contributed by atoms with Gasteiger partial charge in [0.15, 0.2) is 0 Å². The van der Waals surface area contributed by atoms with Crippen LogP contribution in [0.5, 0.6) is 0 Å². The van der Waals surface area contributed by atoms with Crippen LogP contribution in [0, 0.1) is 5.82 Å². The molecule has 0 radical (unpaired) electrons. The van der Waals surface area contributed by atoms with E-state index in [1.807, 2.05) is 0 Å². The molecule has 5 nitrogen and oxygen atoms in total. The van der Waals surface area contributed by atoms with E-state index in [9.17, 15) is 14.0 Å². The summed E-state index contributed by atoms with van der Waals surface area (Å²) in [5.74, 6) is -0.771. The van der Waals surface area contributed by atoms with Gasteiger partial charge in [-0.25, -0.2) is 4.39 Å². The number of aromatic nitrogens is 1. The number of rotatable bonds is 4. The molecule has 0 aliphatic carbocycles. The van der Waals surface area contributed by atoms with Crippen LogP contribution in [-0.2, 0) is 11.2 Å². The molecule has 0 N–H and O–H groups in total. The number of nitrogens with zero attached hydrogens (tertiary/aromatic N) is 3. The minimum atomic E-state index is -0.438. The SMILES string of the molecule is CN(C(=O)c1cnccc1Cl)C1CCN(C(=O)Cc2ccc(F)cc2Cl)C1. The Hall–Kier alpha value is -2.18. The molecule has 142 valence electrons. The molecule has 1 aliphatic heterocycles. The molecule has 0 bridgehead atoms. The average molecular weight is 410 g/mol. The van der Waals surface area contributed by atoms with Crippen LogP contribution >= 0.6 is 23.2 Å². The topological polar surface area (TPSA) is 53.5 Å². The minimum Gasteiger partial charge on any atom is -0.340 e. The molecule has 8 heteroatoms. The Balaban J connectivity index is 1.63. The highest BCUT2D eigenvalue weighted by molar-refractivity contribution is 6.33. The predicted octanol–water partition coefficient (Wildman–Crippen LogP) is 3.44. The Morgan fingerprint density at radius 3 is 2.78 bits per heavy atom. The van der Waals surface area contributed by atoms with Gasteiger partial charge in [-0.05, 0) is 30.2 Å². The first kappa shape index (κ1) is 19.6. The molecular formula is C19H18Cl2FN3O2. The predicted molar refractivity (Wildman–Crippen MR) is 101 cm³/mol. The molecule has 1 aliphatic rings. The van der Waals surface area contributed by atoms with E-state index >= 15 is 0 Å². The van der Waals surface area contributed by atoms with Crippen LogP contribution in [0.4, 0.5) is 4.39 Å². The van der Waals surface area contributed by atoms with Gasteiger partial charge in [-0.15, -0.1) is 0 Å². The van der Waals surface area contributed by atoms with Gasteiger partial charge in [-0.2, -0.15) is 0 Å². The summed E-state index contributed by atoms with van der Waals surface area (Å²) in [5.41, 5.74) is 0.919. The van der Waals surface area contributed by atoms with E-state index in [1.165, 1.54) is 30.6 Å². The zero-order chi connectivity index (χ0) is 19.6. The Labute approximate surface area is 166 Å². The molecule has 27 heavy (non-hydrogen) atoms. The lowest BCUT2D eigenvalue weighted by Crippen LogP contribution is -2.40. The number of hydrogen-bond donors (Lipinski definition) is 0. The molecule has 1 aromatic carbocycles. The molecule has 0 saturated carbocycles. The standard InChI is InChI=1S/C19H18Cl2FN3O2/c1-24(19(27)15-10-23-6-4-16(15)20)14-5-7-25(11-14)18(26)8-12-2-3-13(22)9-17(12)21/h2-4,6,9-10,14H,5,7-8,11H2,1H3. The quantitative estimate of drug-likeness (QED) is 0.776. The van der Waals surface area contributed by atoms with E-state index < -0.39 is 5.82 Å². The van der Waals surface area contributed by atoms with Crippen LogP contribution in [0.25, 0.3) is 0 Å². The van der Waals surface area contributed by atoms with E-state index in [0.29, 0.717) is 35.7 Å². The Morgan fingerprint density at radius 2 is 2.07 bits per heavy atom. The van der Waals surface area contributed by atoms with E-state index in [-0.39, 0.29) is 29.3 Å². The van der Waals surface area contributed by atoms with E-state index in [1.54, 1.807) is 22.9 Å². The van der Waals surface area contributed by atoms with Crippen molar-refractivity contribution in [2.75, 3.05) is 20.1 Å². The van der Waals surface area contributed by atoms with Gasteiger partial charge in [0.05, 0.1) is 23.0 Å². The van der Waals surface area contributed by atoms with E-state index in [0.717, 1.165) is 0 Å². The number of pyridine rings is 1. The maximum atomic E-state index is 13.1. The van der Waals surface area contributed by atoms with Crippen molar-refractivity contribution in [3.8, 4) is 0 Å². The van der Waals surface area contributed by atoms with Gasteiger partial charge < -0.3 is 9.80 Å². The van der Waals surface area contributed by atoms with Gasteiger partial charge in [-0.3, -0.25) is 14.6 Å². The van der Waals surface area contributed by atoms with E-state index in [4.69, 9.17) is 23.2 Å². The van der Waals surface area contributed by atoms with Gasteiger partial charge >= 0.3 is 0 Å². The Bertz CT molecular complexity index is 878. The van der Waals surface area contributed by atoms with Gasteiger partial charge in [-0.1, -0.05) is 29.3 Å². The van der Waals surface area contributed by atoms with Gasteiger partial charge in [0.1, 0.15) is 5.82 Å². The largest absolute Gasteiger partial charge is 0.340 e. The number of hydrogen-bond acceptors (Lipinski definition) is 3. The molecule has 2 amide bonds. The lowest BCUT2D eigenvalue weighted by Gasteiger charge is -2.25. The fraction of sp³-hybridized carbons (Fsp3) is 0.316. The van der Waals surface area contributed by atoms with Crippen LogP contribution in [0.3, 0.4) is 0 Å². The Kier molecular flexibility index (Phi) is 5.97. The number of carbonyl (C=O) groups excluding carboxylic acids is 2. The highest BCUT2D eigenvalue weighted by atomic mass is 35.5. The molecule has 2 aromatic rings. The highest BCUT2D eigenvalue weighted by Crippen LogP contribution is 2.23. The Morgan fingerprint density at radius 1 is 1.30 bits per heavy atom. The number of carbonyl (C=O) groups is 2. The van der Waals surface area contributed by atoms with Gasteiger partial charge in [0.25, 0.3) is 5.91 Å². The molecule has 1 unspecified atom stereocenters. The molecule has 1 fully saturated rings. The van der Waals surface area contributed by atoms with Crippen LogP contribution in [0.2, 0.25) is 10.0 Å². The van der Waals surface area contributed by atoms with Crippen molar-refractivity contribution in [1.29, 1.82) is 0 Å². The van der Waals surface area contributed by atoms with Crippen molar-refractivity contribution in [3.63, 3.8) is 0 Å². The molecule has 0 spiro atoms. The first-order valence-electron chi connectivity index (χ1n) is 8.45. The number of benzene rings is 1. The van der Waals surface area contributed by atoms with E-state index in [2.05, 4.69) is 4.98 Å². The average Bonchev–Trinajstić information content (AvgIpc) is 3.13. The summed E-state index contributed by atoms with van der Waals surface area (Å²) >= 11 is 12.1. The second kappa shape index (κ2) is 8.23. The first-order chi connectivity index (χ1) is 12.9. The summed E-state index contributed by atoms with van der Waals surface area (Å²) in [4.78, 5) is 32.4. The van der Waals surface area contributed by atoms with Crippen LogP contribution in [0.15, 0.2) is 36.7 Å². The number of halogens is 3. The van der Waals surface area contributed by atoms with Gasteiger partial charge in [0.2, 0.25) is 5.91 Å². The van der Waals surface area contributed by atoms with Crippen LogP contribution in [-0.4, -0.2) is 52.8 Å². The van der Waals surface area contributed by atoms with Crippen molar-refractivity contribution in [2.45, 2.75) is 18.9 Å². The van der Waals surface area contributed by atoms with Crippen LogP contribution < -0.4 is 0 Å². The summed E-state index contributed by atoms with van der Waals surface area (Å²) in [5, 5.41) is 0.580. The molecular weight excluding hydrogens is 392 g/mol. The third kappa shape index (κ3) is 4.39. The zero-order valence-corrected chi connectivity index (χ0v) is 16.2. The first-order valence-corrected chi connectivity index (χ1v) is 9.20. The molecule has 1 aromatic heterocycles. The molecule has 2 heterocycles. The molecule has 3 rings (SSSR count). The summed E-state index contributed by atoms with van der Waals surface area (Å²) in [6, 6.07) is 5.45. The lowest BCUT2D eigenvalue weighted by atomic mass is 10.1. The monoisotopic (exact) mass is 409 g/mol. The zero-order valence-electron chi connectivity index (χ0n) is 14.7. The summed E-state index contributed by atoms with van der Waals surface area (Å²) in [6.07, 6.45) is 3.73. The van der Waals surface area contributed by atoms with Crippen molar-refractivity contribution < 1.29 is 14.0 Å². The fourth-order valence-corrected chi connectivity index (χ4v) is 3.53. The van der Waals surface area contributed by atoms with Crippen molar-refractivity contribution in [2.24, 2.45) is 0 Å².